The van der Waals surface area contributed by atoms with E-state index in [1.807, 2.05) is 0 Å². The number of rotatable bonds is 3. The molecule has 1 unspecified atom stereocenters. The number of hydrogen-bond donors (Lipinski definition) is 0. The van der Waals surface area contributed by atoms with Gasteiger partial charge in [0, 0.05) is 5.92 Å². The van der Waals surface area contributed by atoms with Crippen LogP contribution in [0.25, 0.3) is 0 Å². The van der Waals surface area contributed by atoms with Crippen molar-refractivity contribution in [2.45, 2.75) is 50.9 Å². The van der Waals surface area contributed by atoms with Crippen LogP contribution < -0.4 is 0 Å². The van der Waals surface area contributed by atoms with E-state index in [2.05, 4.69) is 61.5 Å². The van der Waals surface area contributed by atoms with Crippen LogP contribution >= 0.6 is 0 Å². The van der Waals surface area contributed by atoms with Crippen LogP contribution in [-0.2, 0) is 0 Å². The van der Waals surface area contributed by atoms with Crippen molar-refractivity contribution < 1.29 is 0 Å². The Kier molecular flexibility index (Phi) is 4.20. The van der Waals surface area contributed by atoms with Gasteiger partial charge in [0.1, 0.15) is 0 Å². The van der Waals surface area contributed by atoms with Crippen molar-refractivity contribution in [1.82, 2.24) is 0 Å². The van der Waals surface area contributed by atoms with Crippen molar-refractivity contribution in [1.29, 1.82) is 0 Å². The zero-order valence-corrected chi connectivity index (χ0v) is 12.4. The van der Waals surface area contributed by atoms with Gasteiger partial charge >= 0.3 is 0 Å². The topological polar surface area (TPSA) is 0 Å². The van der Waals surface area contributed by atoms with E-state index in [0.29, 0.717) is 5.92 Å². The Labute approximate surface area is 122 Å². The molecule has 1 fully saturated rings. The molecular weight excluding hydrogens is 240 g/mol. The maximum absolute atomic E-state index is 2.37. The summed E-state index contributed by atoms with van der Waals surface area (Å²) in [6.07, 6.45) is 6.97. The van der Waals surface area contributed by atoms with Crippen molar-refractivity contribution >= 4 is 0 Å². The van der Waals surface area contributed by atoms with E-state index in [-0.39, 0.29) is 0 Å². The average molecular weight is 264 g/mol. The van der Waals surface area contributed by atoms with Gasteiger partial charge in [-0.3, -0.25) is 0 Å². The summed E-state index contributed by atoms with van der Waals surface area (Å²) in [6.45, 7) is 2.34. The molecule has 0 N–H and O–H groups in total. The molecule has 1 atom stereocenters. The van der Waals surface area contributed by atoms with Crippen LogP contribution in [0.1, 0.15) is 67.6 Å². The molecule has 0 bridgehead atoms. The Morgan fingerprint density at radius 2 is 1.45 bits per heavy atom. The smallest absolute Gasteiger partial charge is 0.00638 e. The first-order valence-corrected chi connectivity index (χ1v) is 8.00. The first kappa shape index (κ1) is 13.4. The molecule has 0 radical (unpaired) electrons. The second-order valence-electron chi connectivity index (χ2n) is 6.10. The lowest BCUT2D eigenvalue weighted by Crippen LogP contribution is -2.09. The highest BCUT2D eigenvalue weighted by Crippen LogP contribution is 2.38. The third-order valence-corrected chi connectivity index (χ3v) is 4.81. The van der Waals surface area contributed by atoms with E-state index in [1.165, 1.54) is 43.2 Å². The molecule has 2 aromatic carbocycles. The number of hydrogen-bond acceptors (Lipinski definition) is 0. The zero-order valence-electron chi connectivity index (χ0n) is 12.4. The third-order valence-electron chi connectivity index (χ3n) is 4.81. The van der Waals surface area contributed by atoms with Gasteiger partial charge in [-0.2, -0.15) is 0 Å². The Bertz CT molecular complexity index is 535. The second kappa shape index (κ2) is 6.26. The van der Waals surface area contributed by atoms with Crippen molar-refractivity contribution in [3.05, 3.63) is 71.3 Å². The van der Waals surface area contributed by atoms with Gasteiger partial charge < -0.3 is 0 Å². The molecule has 0 amide bonds. The highest BCUT2D eigenvalue weighted by molar-refractivity contribution is 5.39. The normalized spacial score (nSPS) is 17.9. The lowest BCUT2D eigenvalue weighted by molar-refractivity contribution is 0.441. The van der Waals surface area contributed by atoms with Crippen LogP contribution in [-0.4, -0.2) is 0 Å². The lowest BCUT2D eigenvalue weighted by atomic mass is 9.78. The summed E-state index contributed by atoms with van der Waals surface area (Å²) in [6, 6.07) is 20.0. The molecule has 0 spiro atoms. The van der Waals surface area contributed by atoms with Gasteiger partial charge in [-0.1, -0.05) is 80.8 Å². The molecule has 1 aliphatic rings. The summed E-state index contributed by atoms with van der Waals surface area (Å²) < 4.78 is 0. The van der Waals surface area contributed by atoms with Crippen LogP contribution in [0.5, 0.6) is 0 Å². The highest BCUT2D eigenvalue weighted by atomic mass is 14.3. The van der Waals surface area contributed by atoms with Gasteiger partial charge in [-0.15, -0.1) is 0 Å². The van der Waals surface area contributed by atoms with Gasteiger partial charge in [0.2, 0.25) is 0 Å². The van der Waals surface area contributed by atoms with Gasteiger partial charge in [-0.05, 0) is 35.4 Å². The largest absolute Gasteiger partial charge is 0.0622 e. The standard InChI is InChI=1S/C20H24/c1-16(17-10-4-2-5-11-17)19-14-8-9-15-20(19)18-12-6-3-7-13-18/h2,4-5,8-11,14-16,18H,3,6-7,12-13H2,1H3. The predicted molar refractivity (Wildman–Crippen MR) is 86.2 cm³/mol. The molecule has 0 heteroatoms. The van der Waals surface area contributed by atoms with E-state index in [9.17, 15) is 0 Å². The van der Waals surface area contributed by atoms with Crippen LogP contribution in [0.4, 0.5) is 0 Å². The molecule has 1 aliphatic carbocycles. The summed E-state index contributed by atoms with van der Waals surface area (Å²) >= 11 is 0. The number of benzene rings is 2. The van der Waals surface area contributed by atoms with Crippen LogP contribution in [0.15, 0.2) is 54.6 Å². The third kappa shape index (κ3) is 2.80. The zero-order chi connectivity index (χ0) is 13.8. The SMILES string of the molecule is CC(c1ccccc1)c1ccccc1C1CCCCC1. The molecule has 0 aliphatic heterocycles. The summed E-state index contributed by atoms with van der Waals surface area (Å²) in [5, 5.41) is 0. The molecule has 104 valence electrons. The molecular formula is C20H24. The summed E-state index contributed by atoms with van der Waals surface area (Å²) in [4.78, 5) is 0. The minimum absolute atomic E-state index is 0.495. The Morgan fingerprint density at radius 3 is 2.20 bits per heavy atom. The van der Waals surface area contributed by atoms with E-state index in [0.717, 1.165) is 5.92 Å². The van der Waals surface area contributed by atoms with Gasteiger partial charge in [-0.25, -0.2) is 0 Å². The van der Waals surface area contributed by atoms with Crippen LogP contribution in [0.2, 0.25) is 0 Å². The first-order chi connectivity index (χ1) is 9.86. The quantitative estimate of drug-likeness (QED) is 0.648. The highest BCUT2D eigenvalue weighted by Gasteiger charge is 2.20. The van der Waals surface area contributed by atoms with Crippen LogP contribution in [0, 0.1) is 0 Å². The fourth-order valence-corrected chi connectivity index (χ4v) is 3.61. The molecule has 0 aromatic heterocycles. The maximum atomic E-state index is 2.37. The van der Waals surface area contributed by atoms with E-state index < -0.39 is 0 Å². The lowest BCUT2D eigenvalue weighted by Gasteiger charge is -2.26. The fourth-order valence-electron chi connectivity index (χ4n) is 3.61. The minimum Gasteiger partial charge on any atom is -0.0622 e. The fraction of sp³-hybridized carbons (Fsp3) is 0.400. The Hall–Kier alpha value is -1.56. The summed E-state index contributed by atoms with van der Waals surface area (Å²) in [5.74, 6) is 1.28. The Morgan fingerprint density at radius 1 is 0.800 bits per heavy atom. The molecule has 20 heavy (non-hydrogen) atoms. The first-order valence-electron chi connectivity index (χ1n) is 8.00. The molecule has 0 nitrogen and oxygen atoms in total. The van der Waals surface area contributed by atoms with Gasteiger partial charge in [0.25, 0.3) is 0 Å². The van der Waals surface area contributed by atoms with E-state index >= 15 is 0 Å². The maximum Gasteiger partial charge on any atom is 0.00638 e. The molecule has 1 saturated carbocycles. The van der Waals surface area contributed by atoms with Crippen molar-refractivity contribution in [3.8, 4) is 0 Å². The summed E-state index contributed by atoms with van der Waals surface area (Å²) in [7, 11) is 0. The molecule has 0 heterocycles. The van der Waals surface area contributed by atoms with Crippen LogP contribution in [0.3, 0.4) is 0 Å². The van der Waals surface area contributed by atoms with Crippen molar-refractivity contribution in [2.75, 3.05) is 0 Å². The predicted octanol–water partition coefficient (Wildman–Crippen LogP) is 5.89. The Balaban J connectivity index is 1.93. The molecule has 3 rings (SSSR count). The molecule has 2 aromatic rings. The van der Waals surface area contributed by atoms with Crippen molar-refractivity contribution in [2.24, 2.45) is 0 Å². The van der Waals surface area contributed by atoms with E-state index in [4.69, 9.17) is 0 Å². The summed E-state index contributed by atoms with van der Waals surface area (Å²) in [5.41, 5.74) is 4.56. The van der Waals surface area contributed by atoms with Gasteiger partial charge in [0.15, 0.2) is 0 Å². The van der Waals surface area contributed by atoms with E-state index in [1.54, 1.807) is 5.56 Å². The monoisotopic (exact) mass is 264 g/mol. The molecule has 0 saturated heterocycles. The second-order valence-corrected chi connectivity index (χ2v) is 6.10. The van der Waals surface area contributed by atoms with Crippen molar-refractivity contribution in [3.63, 3.8) is 0 Å². The minimum atomic E-state index is 0.495. The van der Waals surface area contributed by atoms with Gasteiger partial charge in [0.05, 0.1) is 0 Å². The average Bonchev–Trinajstić information content (AvgIpc) is 2.56.